The molecule has 2 rings (SSSR count). The van der Waals surface area contributed by atoms with Crippen LogP contribution in [-0.2, 0) is 16.0 Å². The van der Waals surface area contributed by atoms with Gasteiger partial charge in [0.2, 0.25) is 0 Å². The number of amides is 2. The van der Waals surface area contributed by atoms with E-state index >= 15 is 0 Å². The zero-order valence-electron chi connectivity index (χ0n) is 16.4. The average Bonchev–Trinajstić information content (AvgIpc) is 2.65. The molecule has 0 radical (unpaired) electrons. The molecule has 0 unspecified atom stereocenters. The van der Waals surface area contributed by atoms with Crippen molar-refractivity contribution in [2.24, 2.45) is 0 Å². The fraction of sp³-hybridized carbons (Fsp3) is 0.286. The molecule has 0 saturated heterocycles. The number of rotatable bonds is 5. The molecule has 0 aliphatic heterocycles. The summed E-state index contributed by atoms with van der Waals surface area (Å²) in [7, 11) is 1.31. The molecule has 2 amide bonds. The van der Waals surface area contributed by atoms with E-state index in [0.717, 1.165) is 5.56 Å². The van der Waals surface area contributed by atoms with Crippen LogP contribution in [0.2, 0.25) is 0 Å². The highest BCUT2D eigenvalue weighted by atomic mass is 16.6. The van der Waals surface area contributed by atoms with E-state index < -0.39 is 17.7 Å². The van der Waals surface area contributed by atoms with E-state index in [9.17, 15) is 14.4 Å². The Labute approximate surface area is 164 Å². The molecule has 2 N–H and O–H groups in total. The van der Waals surface area contributed by atoms with Gasteiger partial charge in [0.25, 0.3) is 5.91 Å². The minimum Gasteiger partial charge on any atom is -0.465 e. The number of hydrogen-bond acceptors (Lipinski definition) is 5. The molecule has 0 heterocycles. The quantitative estimate of drug-likeness (QED) is 0.766. The molecule has 0 atom stereocenters. The summed E-state index contributed by atoms with van der Waals surface area (Å²) in [6, 6.07) is 13.3. The number of nitrogens with one attached hydrogen (secondary N) is 2. The summed E-state index contributed by atoms with van der Waals surface area (Å²) in [5.41, 5.74) is 1.72. The number of alkyl carbamates (subject to hydrolysis) is 1. The monoisotopic (exact) mass is 384 g/mol. The maximum absolute atomic E-state index is 12.3. The maximum atomic E-state index is 12.3. The second-order valence-corrected chi connectivity index (χ2v) is 7.08. The first-order valence-corrected chi connectivity index (χ1v) is 8.73. The van der Waals surface area contributed by atoms with Crippen LogP contribution in [0, 0.1) is 0 Å². The normalized spacial score (nSPS) is 10.7. The Morgan fingerprint density at radius 1 is 0.893 bits per heavy atom. The van der Waals surface area contributed by atoms with Crippen LogP contribution in [-0.4, -0.2) is 30.7 Å². The van der Waals surface area contributed by atoms with Gasteiger partial charge in [0.05, 0.1) is 12.7 Å². The summed E-state index contributed by atoms with van der Waals surface area (Å²) in [6.07, 6.45) is -0.496. The first-order chi connectivity index (χ1) is 13.2. The van der Waals surface area contributed by atoms with E-state index in [2.05, 4.69) is 15.4 Å². The van der Waals surface area contributed by atoms with Gasteiger partial charge in [-0.15, -0.1) is 0 Å². The van der Waals surface area contributed by atoms with Gasteiger partial charge in [-0.3, -0.25) is 4.79 Å². The molecule has 0 fully saturated rings. The number of hydrogen-bond donors (Lipinski definition) is 2. The molecule has 28 heavy (non-hydrogen) atoms. The lowest BCUT2D eigenvalue weighted by Gasteiger charge is -2.19. The van der Waals surface area contributed by atoms with Crippen molar-refractivity contribution in [1.82, 2.24) is 5.32 Å². The SMILES string of the molecule is COC(=O)c1ccc(NC(=O)c2ccc(CNC(=O)OC(C)(C)C)cc2)cc1. The summed E-state index contributed by atoms with van der Waals surface area (Å²) in [5, 5.41) is 5.42. The second-order valence-electron chi connectivity index (χ2n) is 7.08. The van der Waals surface area contributed by atoms with Gasteiger partial charge in [0, 0.05) is 17.8 Å². The molecule has 2 aromatic carbocycles. The Morgan fingerprint density at radius 3 is 2.00 bits per heavy atom. The number of esters is 1. The lowest BCUT2D eigenvalue weighted by atomic mass is 10.1. The van der Waals surface area contributed by atoms with Crippen molar-refractivity contribution in [2.75, 3.05) is 12.4 Å². The van der Waals surface area contributed by atoms with Gasteiger partial charge in [-0.2, -0.15) is 0 Å². The Balaban J connectivity index is 1.91. The molecular weight excluding hydrogens is 360 g/mol. The Hall–Kier alpha value is -3.35. The Morgan fingerprint density at radius 2 is 1.46 bits per heavy atom. The van der Waals surface area contributed by atoms with E-state index in [0.29, 0.717) is 23.4 Å². The standard InChI is InChI=1S/C21H24N2O5/c1-21(2,3)28-20(26)22-13-14-5-7-15(8-6-14)18(24)23-17-11-9-16(10-12-17)19(25)27-4/h5-12H,13H2,1-4H3,(H,22,26)(H,23,24). The number of carbonyl (C=O) groups excluding carboxylic acids is 3. The minimum absolute atomic E-state index is 0.280. The molecular formula is C21H24N2O5. The highest BCUT2D eigenvalue weighted by Gasteiger charge is 2.15. The summed E-state index contributed by atoms with van der Waals surface area (Å²) in [5.74, 6) is -0.717. The molecule has 0 aliphatic rings. The van der Waals surface area contributed by atoms with Crippen molar-refractivity contribution in [3.05, 3.63) is 65.2 Å². The van der Waals surface area contributed by atoms with Gasteiger partial charge < -0.3 is 20.1 Å². The zero-order valence-corrected chi connectivity index (χ0v) is 16.4. The van der Waals surface area contributed by atoms with E-state index in [1.165, 1.54) is 7.11 Å². The van der Waals surface area contributed by atoms with Crippen LogP contribution in [0.4, 0.5) is 10.5 Å². The summed E-state index contributed by atoms with van der Waals surface area (Å²) < 4.78 is 9.81. The number of methoxy groups -OCH3 is 1. The van der Waals surface area contributed by atoms with Crippen LogP contribution in [0.15, 0.2) is 48.5 Å². The molecule has 7 heteroatoms. The van der Waals surface area contributed by atoms with Gasteiger partial charge in [-0.1, -0.05) is 12.1 Å². The van der Waals surface area contributed by atoms with Crippen molar-refractivity contribution >= 4 is 23.7 Å². The molecule has 0 spiro atoms. The number of anilines is 1. The van der Waals surface area contributed by atoms with Crippen molar-refractivity contribution in [3.8, 4) is 0 Å². The third-order valence-electron chi connectivity index (χ3n) is 3.62. The maximum Gasteiger partial charge on any atom is 0.407 e. The van der Waals surface area contributed by atoms with Gasteiger partial charge in [0.15, 0.2) is 0 Å². The second kappa shape index (κ2) is 9.03. The fourth-order valence-corrected chi connectivity index (χ4v) is 2.27. The molecule has 0 bridgehead atoms. The van der Waals surface area contributed by atoms with Gasteiger partial charge in [-0.25, -0.2) is 9.59 Å². The third-order valence-corrected chi connectivity index (χ3v) is 3.62. The average molecular weight is 384 g/mol. The van der Waals surface area contributed by atoms with E-state index in [1.54, 1.807) is 69.3 Å². The lowest BCUT2D eigenvalue weighted by molar-refractivity contribution is 0.0522. The third kappa shape index (κ3) is 6.42. The van der Waals surface area contributed by atoms with Crippen molar-refractivity contribution in [2.45, 2.75) is 32.9 Å². The van der Waals surface area contributed by atoms with E-state index in [1.807, 2.05) is 0 Å². The lowest BCUT2D eigenvalue weighted by Crippen LogP contribution is -2.32. The predicted octanol–water partition coefficient (Wildman–Crippen LogP) is 3.75. The van der Waals surface area contributed by atoms with Crippen LogP contribution in [0.1, 0.15) is 47.1 Å². The van der Waals surface area contributed by atoms with Crippen LogP contribution in [0.3, 0.4) is 0 Å². The molecule has 0 aliphatic carbocycles. The molecule has 0 aromatic heterocycles. The number of carbonyl (C=O) groups is 3. The number of ether oxygens (including phenoxy) is 2. The van der Waals surface area contributed by atoms with Crippen molar-refractivity contribution in [1.29, 1.82) is 0 Å². The van der Waals surface area contributed by atoms with Crippen molar-refractivity contribution in [3.63, 3.8) is 0 Å². The van der Waals surface area contributed by atoms with E-state index in [-0.39, 0.29) is 5.91 Å². The van der Waals surface area contributed by atoms with Crippen LogP contribution in [0.25, 0.3) is 0 Å². The Bertz CT molecular complexity index is 837. The molecule has 7 nitrogen and oxygen atoms in total. The molecule has 148 valence electrons. The van der Waals surface area contributed by atoms with Crippen LogP contribution >= 0.6 is 0 Å². The van der Waals surface area contributed by atoms with Crippen molar-refractivity contribution < 1.29 is 23.9 Å². The first-order valence-electron chi connectivity index (χ1n) is 8.73. The Kier molecular flexibility index (Phi) is 6.76. The first kappa shape index (κ1) is 21.0. The predicted molar refractivity (Wildman–Crippen MR) is 105 cm³/mol. The fourth-order valence-electron chi connectivity index (χ4n) is 2.27. The zero-order chi connectivity index (χ0) is 20.7. The number of benzene rings is 2. The topological polar surface area (TPSA) is 93.7 Å². The van der Waals surface area contributed by atoms with Gasteiger partial charge >= 0.3 is 12.1 Å². The smallest absolute Gasteiger partial charge is 0.407 e. The van der Waals surface area contributed by atoms with Crippen LogP contribution < -0.4 is 10.6 Å². The highest BCUT2D eigenvalue weighted by Crippen LogP contribution is 2.13. The van der Waals surface area contributed by atoms with E-state index in [4.69, 9.17) is 4.74 Å². The summed E-state index contributed by atoms with van der Waals surface area (Å²) >= 11 is 0. The largest absolute Gasteiger partial charge is 0.465 e. The van der Waals surface area contributed by atoms with Gasteiger partial charge in [0.1, 0.15) is 5.60 Å². The van der Waals surface area contributed by atoms with Gasteiger partial charge in [-0.05, 0) is 62.7 Å². The molecule has 2 aromatic rings. The minimum atomic E-state index is -0.554. The van der Waals surface area contributed by atoms with Crippen LogP contribution in [0.5, 0.6) is 0 Å². The summed E-state index contributed by atoms with van der Waals surface area (Å²) in [4.78, 5) is 35.4. The molecule has 0 saturated carbocycles. The summed E-state index contributed by atoms with van der Waals surface area (Å²) in [6.45, 7) is 5.68. The highest BCUT2D eigenvalue weighted by molar-refractivity contribution is 6.04.